The molecule has 0 fully saturated rings. The van der Waals surface area contributed by atoms with Crippen molar-refractivity contribution in [1.82, 2.24) is 5.32 Å². The predicted molar refractivity (Wildman–Crippen MR) is 59.8 cm³/mol. The third-order valence-electron chi connectivity index (χ3n) is 2.65. The summed E-state index contributed by atoms with van der Waals surface area (Å²) in [5, 5.41) is 3.41. The Morgan fingerprint density at radius 3 is 2.43 bits per heavy atom. The Hall–Kier alpha value is -1.50. The molecule has 1 heterocycles. The predicted octanol–water partition coefficient (Wildman–Crippen LogP) is 2.97. The molecule has 1 aromatic rings. The summed E-state index contributed by atoms with van der Waals surface area (Å²) in [6.07, 6.45) is 6.42. The van der Waals surface area contributed by atoms with E-state index in [-0.39, 0.29) is 5.54 Å². The van der Waals surface area contributed by atoms with Crippen LogP contribution in [0.25, 0.3) is 0 Å². The maximum Gasteiger partial charge on any atom is 0.0779 e. The molecule has 2 rings (SSSR count). The monoisotopic (exact) mass is 185 g/mol. The topological polar surface area (TPSA) is 12.0 Å². The second-order valence-corrected chi connectivity index (χ2v) is 3.93. The van der Waals surface area contributed by atoms with Crippen LogP contribution in [0, 0.1) is 0 Å². The lowest BCUT2D eigenvalue weighted by atomic mass is 9.89. The van der Waals surface area contributed by atoms with E-state index in [2.05, 4.69) is 61.8 Å². The summed E-state index contributed by atoms with van der Waals surface area (Å²) in [6, 6.07) is 10.5. The first-order valence-electron chi connectivity index (χ1n) is 4.90. The molecule has 14 heavy (non-hydrogen) atoms. The van der Waals surface area contributed by atoms with Gasteiger partial charge in [0.15, 0.2) is 0 Å². The zero-order valence-electron chi connectivity index (χ0n) is 8.62. The van der Waals surface area contributed by atoms with E-state index in [0.717, 1.165) is 0 Å². The average Bonchev–Trinajstić information content (AvgIpc) is 2.24. The molecule has 1 aliphatic heterocycles. The summed E-state index contributed by atoms with van der Waals surface area (Å²) in [5.74, 6) is 0. The van der Waals surface area contributed by atoms with Gasteiger partial charge in [-0.1, -0.05) is 42.5 Å². The molecule has 0 bridgehead atoms. The van der Waals surface area contributed by atoms with Gasteiger partial charge in [-0.25, -0.2) is 0 Å². The van der Waals surface area contributed by atoms with Crippen molar-refractivity contribution in [3.8, 4) is 0 Å². The first-order chi connectivity index (χ1) is 6.71. The Bertz CT molecular complexity index is 375. The third-order valence-corrected chi connectivity index (χ3v) is 2.65. The molecule has 72 valence electrons. The van der Waals surface area contributed by atoms with E-state index in [0.29, 0.717) is 0 Å². The third kappa shape index (κ3) is 1.58. The molecule has 1 aliphatic rings. The lowest BCUT2D eigenvalue weighted by Gasteiger charge is -2.30. The van der Waals surface area contributed by atoms with Crippen molar-refractivity contribution in [3.05, 3.63) is 59.8 Å². The summed E-state index contributed by atoms with van der Waals surface area (Å²) in [7, 11) is 0. The molecule has 1 heteroatoms. The summed E-state index contributed by atoms with van der Waals surface area (Å²) < 4.78 is 0. The van der Waals surface area contributed by atoms with Crippen LogP contribution in [0.5, 0.6) is 0 Å². The quantitative estimate of drug-likeness (QED) is 0.709. The van der Waals surface area contributed by atoms with Crippen molar-refractivity contribution in [1.29, 1.82) is 0 Å². The highest BCUT2D eigenvalue weighted by Crippen LogP contribution is 2.25. The van der Waals surface area contributed by atoms with Gasteiger partial charge >= 0.3 is 0 Å². The van der Waals surface area contributed by atoms with Gasteiger partial charge < -0.3 is 5.32 Å². The zero-order chi connectivity index (χ0) is 10.0. The van der Waals surface area contributed by atoms with Crippen LogP contribution >= 0.6 is 0 Å². The van der Waals surface area contributed by atoms with Crippen LogP contribution < -0.4 is 5.32 Å². The Balaban J connectivity index is 2.32. The van der Waals surface area contributed by atoms with E-state index >= 15 is 0 Å². The lowest BCUT2D eigenvalue weighted by Crippen LogP contribution is -2.35. The fourth-order valence-electron chi connectivity index (χ4n) is 1.62. The molecule has 1 nitrogen and oxygen atoms in total. The van der Waals surface area contributed by atoms with Gasteiger partial charge in [-0.3, -0.25) is 0 Å². The van der Waals surface area contributed by atoms with Crippen LogP contribution in [0.1, 0.15) is 19.4 Å². The Kier molecular flexibility index (Phi) is 2.16. The van der Waals surface area contributed by atoms with Crippen molar-refractivity contribution < 1.29 is 0 Å². The van der Waals surface area contributed by atoms with E-state index in [1.54, 1.807) is 0 Å². The van der Waals surface area contributed by atoms with Gasteiger partial charge in [-0.2, -0.15) is 0 Å². The van der Waals surface area contributed by atoms with Crippen LogP contribution in [-0.2, 0) is 5.54 Å². The smallest absolute Gasteiger partial charge is 0.0779 e. The minimum absolute atomic E-state index is 0.0548. The lowest BCUT2D eigenvalue weighted by molar-refractivity contribution is 0.521. The van der Waals surface area contributed by atoms with Gasteiger partial charge in [0.1, 0.15) is 0 Å². The highest BCUT2D eigenvalue weighted by Gasteiger charge is 2.22. The van der Waals surface area contributed by atoms with Crippen LogP contribution in [-0.4, -0.2) is 0 Å². The van der Waals surface area contributed by atoms with Crippen LogP contribution in [0.3, 0.4) is 0 Å². The molecule has 0 spiro atoms. The number of hydrogen-bond acceptors (Lipinski definition) is 1. The van der Waals surface area contributed by atoms with Gasteiger partial charge in [-0.05, 0) is 25.0 Å². The fourth-order valence-corrected chi connectivity index (χ4v) is 1.62. The van der Waals surface area contributed by atoms with Crippen molar-refractivity contribution in [2.45, 2.75) is 19.4 Å². The van der Waals surface area contributed by atoms with E-state index in [1.807, 2.05) is 6.07 Å². The van der Waals surface area contributed by atoms with Crippen molar-refractivity contribution in [2.75, 3.05) is 0 Å². The number of dihydropyridines is 1. The second-order valence-electron chi connectivity index (χ2n) is 3.93. The van der Waals surface area contributed by atoms with Gasteiger partial charge in [0.05, 0.1) is 5.54 Å². The maximum absolute atomic E-state index is 3.41. The minimum atomic E-state index is -0.0548. The molecular weight excluding hydrogens is 170 g/mol. The Labute approximate surface area is 85.2 Å². The SMILES string of the molecule is CC1=CNC(C)(c2ccccc2)C=C1. The molecule has 0 aliphatic carbocycles. The van der Waals surface area contributed by atoms with Crippen LogP contribution in [0.15, 0.2) is 54.3 Å². The normalized spacial score (nSPS) is 25.4. The first kappa shape index (κ1) is 9.07. The van der Waals surface area contributed by atoms with Gasteiger partial charge in [0.25, 0.3) is 0 Å². The highest BCUT2D eigenvalue weighted by atomic mass is 14.9. The molecule has 0 radical (unpaired) electrons. The molecule has 1 unspecified atom stereocenters. The Morgan fingerprint density at radius 2 is 1.86 bits per heavy atom. The standard InChI is InChI=1S/C13H15N/c1-11-8-9-13(2,14-10-11)12-6-4-3-5-7-12/h3-10,14H,1-2H3. The van der Waals surface area contributed by atoms with Gasteiger partial charge in [0.2, 0.25) is 0 Å². The number of hydrogen-bond donors (Lipinski definition) is 1. The molecule has 0 aromatic heterocycles. The van der Waals surface area contributed by atoms with Crippen molar-refractivity contribution >= 4 is 0 Å². The maximum atomic E-state index is 3.41. The van der Waals surface area contributed by atoms with Crippen LogP contribution in [0.4, 0.5) is 0 Å². The molecular formula is C13H15N. The molecule has 1 aromatic carbocycles. The number of nitrogens with one attached hydrogen (secondary N) is 1. The average molecular weight is 185 g/mol. The molecule has 1 N–H and O–H groups in total. The van der Waals surface area contributed by atoms with Gasteiger partial charge in [0, 0.05) is 6.20 Å². The fraction of sp³-hybridized carbons (Fsp3) is 0.231. The van der Waals surface area contributed by atoms with E-state index in [1.165, 1.54) is 11.1 Å². The highest BCUT2D eigenvalue weighted by molar-refractivity contribution is 5.35. The zero-order valence-corrected chi connectivity index (χ0v) is 8.62. The number of allylic oxidation sites excluding steroid dienone is 2. The van der Waals surface area contributed by atoms with Gasteiger partial charge in [-0.15, -0.1) is 0 Å². The van der Waals surface area contributed by atoms with Crippen molar-refractivity contribution in [3.63, 3.8) is 0 Å². The Morgan fingerprint density at radius 1 is 1.14 bits per heavy atom. The van der Waals surface area contributed by atoms with E-state index in [4.69, 9.17) is 0 Å². The summed E-state index contributed by atoms with van der Waals surface area (Å²) in [4.78, 5) is 0. The van der Waals surface area contributed by atoms with E-state index < -0.39 is 0 Å². The minimum Gasteiger partial charge on any atom is -0.378 e. The molecule has 0 saturated carbocycles. The largest absolute Gasteiger partial charge is 0.378 e. The summed E-state index contributed by atoms with van der Waals surface area (Å²) in [5.41, 5.74) is 2.50. The summed E-state index contributed by atoms with van der Waals surface area (Å²) in [6.45, 7) is 4.27. The molecule has 0 saturated heterocycles. The summed E-state index contributed by atoms with van der Waals surface area (Å²) >= 11 is 0. The van der Waals surface area contributed by atoms with Crippen molar-refractivity contribution in [2.24, 2.45) is 0 Å². The van der Waals surface area contributed by atoms with Crippen LogP contribution in [0.2, 0.25) is 0 Å². The number of benzene rings is 1. The second kappa shape index (κ2) is 3.33. The molecule has 1 atom stereocenters. The van der Waals surface area contributed by atoms with E-state index in [9.17, 15) is 0 Å². The first-order valence-corrected chi connectivity index (χ1v) is 4.90. The number of rotatable bonds is 1. The molecule has 0 amide bonds.